The Morgan fingerprint density at radius 1 is 0.403 bits per heavy atom. The Morgan fingerprint density at radius 3 is 1.03 bits per heavy atom. The third-order valence-corrected chi connectivity index (χ3v) is 9.54. The summed E-state index contributed by atoms with van der Waals surface area (Å²) in [5.74, 6) is -6.39. The fraction of sp³-hybridized carbons (Fsp3) is 0.818. The smallest absolute Gasteiger partial charge is 0.305 e. The highest BCUT2D eigenvalue weighted by Gasteiger charge is 2.34. The molecule has 0 saturated carbocycles. The summed E-state index contributed by atoms with van der Waals surface area (Å²) < 4.78 is 32.9. The second-order valence-corrected chi connectivity index (χ2v) is 16.0. The standard InChI is InChI=1S/C25H43NO11.C19H36N2O9/c27-14-9-7-5-3-1-2-4-6-8-10-21(28)26-25(18-35-15-11-22(29)30,19-36-16-12-23(31)32)20-37-17-13-24(33)34;20-8-3-1-2-4-9-21-19(13-28-10-5-16(22)23,14-29-11-6-17(24)25)15-30-12-7-18(26)27/h14H,1-13,15-20H2,(H,26,28)(H,29,30)(H,31,32)(H,33,34);21H,1-15,20H2,(H,22,23)(H,24,25)(H,26,27). The van der Waals surface area contributed by atoms with Crippen molar-refractivity contribution in [2.75, 3.05) is 92.4 Å². The van der Waals surface area contributed by atoms with Gasteiger partial charge in [0, 0.05) is 12.8 Å². The van der Waals surface area contributed by atoms with E-state index in [1.54, 1.807) is 0 Å². The molecule has 23 nitrogen and oxygen atoms in total. The summed E-state index contributed by atoms with van der Waals surface area (Å²) in [5.41, 5.74) is 3.39. The molecule has 0 rings (SSSR count). The van der Waals surface area contributed by atoms with Gasteiger partial charge >= 0.3 is 35.8 Å². The Labute approximate surface area is 393 Å². The topological polar surface area (TPSA) is 363 Å². The number of amides is 1. The van der Waals surface area contributed by atoms with E-state index in [0.29, 0.717) is 25.9 Å². The molecule has 1 amide bonds. The van der Waals surface area contributed by atoms with Crippen LogP contribution in [0.25, 0.3) is 0 Å². The quantitative estimate of drug-likeness (QED) is 0.0312. The lowest BCUT2D eigenvalue weighted by Crippen LogP contribution is -2.58. The van der Waals surface area contributed by atoms with E-state index in [4.69, 9.17) is 64.8 Å². The zero-order chi connectivity index (χ0) is 50.4. The van der Waals surface area contributed by atoms with Gasteiger partial charge < -0.3 is 80.2 Å². The van der Waals surface area contributed by atoms with E-state index in [1.165, 1.54) is 0 Å². The Bertz CT molecular complexity index is 1240. The average Bonchev–Trinajstić information content (AvgIpc) is 3.26. The average molecular weight is 970 g/mol. The summed E-state index contributed by atoms with van der Waals surface area (Å²) in [4.78, 5) is 87.5. The molecule has 0 aliphatic heterocycles. The van der Waals surface area contributed by atoms with E-state index in [2.05, 4.69) is 10.6 Å². The van der Waals surface area contributed by atoms with Gasteiger partial charge in [-0.1, -0.05) is 51.4 Å². The fourth-order valence-corrected chi connectivity index (χ4v) is 5.98. The third-order valence-electron chi connectivity index (χ3n) is 9.54. The van der Waals surface area contributed by atoms with Gasteiger partial charge in [-0.2, -0.15) is 0 Å². The number of nitrogens with two attached hydrogens (primary N) is 1. The molecule has 0 heterocycles. The first kappa shape index (κ1) is 64.7. The fourth-order valence-electron chi connectivity index (χ4n) is 5.98. The summed E-state index contributed by atoms with van der Waals surface area (Å²) in [6.07, 6.45) is 12.1. The molecule has 10 N–H and O–H groups in total. The van der Waals surface area contributed by atoms with E-state index < -0.39 is 46.9 Å². The number of carboxylic acid groups (broad SMARTS) is 6. The number of nitrogens with one attached hydrogen (secondary N) is 2. The van der Waals surface area contributed by atoms with Crippen molar-refractivity contribution in [3.63, 3.8) is 0 Å². The number of carbonyl (C=O) groups excluding carboxylic acids is 2. The molecular formula is C44H79N3O20. The molecule has 0 saturated heterocycles. The largest absolute Gasteiger partial charge is 0.481 e. The van der Waals surface area contributed by atoms with Crippen molar-refractivity contribution in [1.82, 2.24) is 10.6 Å². The molecule has 0 aliphatic rings. The van der Waals surface area contributed by atoms with Gasteiger partial charge in [-0.25, -0.2) is 0 Å². The minimum atomic E-state index is -1.24. The molecule has 0 aliphatic carbocycles. The lowest BCUT2D eigenvalue weighted by atomic mass is 10.0. The van der Waals surface area contributed by atoms with Crippen LogP contribution in [-0.2, 0) is 66.8 Å². The molecule has 390 valence electrons. The highest BCUT2D eigenvalue weighted by molar-refractivity contribution is 5.77. The third kappa shape index (κ3) is 45.2. The maximum atomic E-state index is 12.7. The zero-order valence-electron chi connectivity index (χ0n) is 39.1. The number of hydrogen-bond acceptors (Lipinski definition) is 16. The van der Waals surface area contributed by atoms with Crippen molar-refractivity contribution in [1.29, 1.82) is 0 Å². The number of rotatable bonds is 49. The van der Waals surface area contributed by atoms with Gasteiger partial charge in [0.25, 0.3) is 0 Å². The lowest BCUT2D eigenvalue weighted by Gasteiger charge is -2.34. The summed E-state index contributed by atoms with van der Waals surface area (Å²) in [6, 6.07) is 0. The van der Waals surface area contributed by atoms with Crippen LogP contribution >= 0.6 is 0 Å². The van der Waals surface area contributed by atoms with Crippen molar-refractivity contribution in [2.24, 2.45) is 5.73 Å². The number of aldehydes is 1. The number of hydrogen-bond donors (Lipinski definition) is 9. The predicted molar refractivity (Wildman–Crippen MR) is 240 cm³/mol. The lowest BCUT2D eigenvalue weighted by molar-refractivity contribution is -0.141. The van der Waals surface area contributed by atoms with E-state index in [0.717, 1.165) is 76.9 Å². The number of aliphatic carboxylic acids is 6. The second kappa shape index (κ2) is 44.2. The van der Waals surface area contributed by atoms with Crippen LogP contribution in [-0.4, -0.2) is 182 Å². The normalized spacial score (nSPS) is 11.4. The first-order valence-electron chi connectivity index (χ1n) is 23.0. The van der Waals surface area contributed by atoms with E-state index in [1.807, 2.05) is 0 Å². The van der Waals surface area contributed by atoms with Gasteiger partial charge in [-0.3, -0.25) is 33.6 Å². The van der Waals surface area contributed by atoms with E-state index in [-0.39, 0.29) is 130 Å². The van der Waals surface area contributed by atoms with Crippen molar-refractivity contribution >= 4 is 48.0 Å². The van der Waals surface area contributed by atoms with Crippen LogP contribution in [0.5, 0.6) is 0 Å². The SMILES string of the molecule is NCCCCCCNC(COCCC(=O)O)(COCCC(=O)O)COCCC(=O)O.O=CCCCCCCCCCCC(=O)NC(COCCC(=O)O)(COCCC(=O)O)COCCC(=O)O. The van der Waals surface area contributed by atoms with Gasteiger partial charge in [0.1, 0.15) is 11.8 Å². The van der Waals surface area contributed by atoms with Gasteiger partial charge in [0.2, 0.25) is 5.91 Å². The van der Waals surface area contributed by atoms with Crippen LogP contribution in [0.1, 0.15) is 128 Å². The first-order chi connectivity index (χ1) is 32.0. The number of ether oxygens (including phenoxy) is 6. The first-order valence-corrected chi connectivity index (χ1v) is 23.0. The highest BCUT2D eigenvalue weighted by Crippen LogP contribution is 2.15. The molecule has 0 fully saturated rings. The zero-order valence-corrected chi connectivity index (χ0v) is 39.1. The molecule has 0 aromatic heterocycles. The Hall–Kier alpha value is -4.36. The molecule has 0 unspecified atom stereocenters. The van der Waals surface area contributed by atoms with Crippen LogP contribution in [0.15, 0.2) is 0 Å². The maximum Gasteiger partial charge on any atom is 0.305 e. The van der Waals surface area contributed by atoms with Gasteiger partial charge in [0.15, 0.2) is 0 Å². The molecule has 23 heteroatoms. The molecule has 0 radical (unpaired) electrons. The Kier molecular flexibility index (Phi) is 42.7. The summed E-state index contributed by atoms with van der Waals surface area (Å²) in [5, 5.41) is 59.0. The maximum absolute atomic E-state index is 12.7. The minimum Gasteiger partial charge on any atom is -0.481 e. The minimum absolute atomic E-state index is 0.000481. The Balaban J connectivity index is 0. The van der Waals surface area contributed by atoms with Crippen molar-refractivity contribution in [2.45, 2.75) is 139 Å². The van der Waals surface area contributed by atoms with E-state index >= 15 is 0 Å². The van der Waals surface area contributed by atoms with Crippen molar-refractivity contribution < 1.29 is 97.4 Å². The molecule has 0 spiro atoms. The van der Waals surface area contributed by atoms with E-state index in [9.17, 15) is 38.4 Å². The van der Waals surface area contributed by atoms with Gasteiger partial charge in [-0.05, 0) is 38.8 Å². The Morgan fingerprint density at radius 2 is 0.701 bits per heavy atom. The highest BCUT2D eigenvalue weighted by atomic mass is 16.5. The van der Waals surface area contributed by atoms with Crippen LogP contribution < -0.4 is 16.4 Å². The molecule has 0 atom stereocenters. The second-order valence-electron chi connectivity index (χ2n) is 16.0. The molecule has 0 aromatic rings. The number of carbonyl (C=O) groups is 8. The molecule has 67 heavy (non-hydrogen) atoms. The molecular weight excluding hydrogens is 890 g/mol. The van der Waals surface area contributed by atoms with Crippen LogP contribution in [0, 0.1) is 0 Å². The monoisotopic (exact) mass is 970 g/mol. The molecule has 0 bridgehead atoms. The molecule has 0 aromatic carbocycles. The van der Waals surface area contributed by atoms with Crippen molar-refractivity contribution in [3.8, 4) is 0 Å². The summed E-state index contributed by atoms with van der Waals surface area (Å²) >= 11 is 0. The number of carboxylic acids is 6. The summed E-state index contributed by atoms with van der Waals surface area (Å²) in [7, 11) is 0. The van der Waals surface area contributed by atoms with Gasteiger partial charge in [0.05, 0.1) is 123 Å². The van der Waals surface area contributed by atoms with Gasteiger partial charge in [-0.15, -0.1) is 0 Å². The van der Waals surface area contributed by atoms with Crippen LogP contribution in [0.4, 0.5) is 0 Å². The van der Waals surface area contributed by atoms with Crippen LogP contribution in [0.2, 0.25) is 0 Å². The number of unbranched alkanes of at least 4 members (excludes halogenated alkanes) is 11. The van der Waals surface area contributed by atoms with Crippen LogP contribution in [0.3, 0.4) is 0 Å². The predicted octanol–water partition coefficient (Wildman–Crippen LogP) is 2.72. The van der Waals surface area contributed by atoms with Crippen molar-refractivity contribution in [3.05, 3.63) is 0 Å². The summed E-state index contributed by atoms with van der Waals surface area (Å²) in [6.45, 7) is 0.642.